The number of hydrogen-bond donors (Lipinski definition) is 0. The minimum Gasteiger partial charge on any atom is -0.432 e. The van der Waals surface area contributed by atoms with Crippen molar-refractivity contribution in [3.05, 3.63) is 29.6 Å². The molecule has 6 heteroatoms. The summed E-state index contributed by atoms with van der Waals surface area (Å²) in [6.07, 6.45) is 2.94. The van der Waals surface area contributed by atoms with Crippen LogP contribution in [0.25, 0.3) is 0 Å². The summed E-state index contributed by atoms with van der Waals surface area (Å²) in [6, 6.07) is -0.887. The molecule has 2 saturated carbocycles. The van der Waals surface area contributed by atoms with E-state index in [9.17, 15) is 22.0 Å². The van der Waals surface area contributed by atoms with Gasteiger partial charge in [-0.05, 0) is 56.3 Å². The van der Waals surface area contributed by atoms with Gasteiger partial charge < -0.3 is 4.74 Å². The van der Waals surface area contributed by atoms with E-state index in [0.29, 0.717) is 30.7 Å². The van der Waals surface area contributed by atoms with Gasteiger partial charge in [-0.25, -0.2) is 13.2 Å². The van der Waals surface area contributed by atoms with Gasteiger partial charge in [0.05, 0.1) is 7.29 Å². The number of ether oxygens (including phenoxy) is 1. The Hall–Kier alpha value is -1.33. The first kappa shape index (κ1) is 18.1. The van der Waals surface area contributed by atoms with Crippen molar-refractivity contribution in [1.82, 2.24) is 0 Å². The summed E-state index contributed by atoms with van der Waals surface area (Å²) in [5.41, 5.74) is 0. The largest absolute Gasteiger partial charge is 0.432 e. The molecule has 146 valence electrons. The molecule has 0 spiro atoms. The summed E-state index contributed by atoms with van der Waals surface area (Å²) in [7, 11) is 0. The van der Waals surface area contributed by atoms with E-state index >= 15 is 0 Å². The molecule has 2 aliphatic rings. The zero-order valence-electron chi connectivity index (χ0n) is 15.8. The zero-order valence-corrected chi connectivity index (χ0v) is 14.8. The average molecular weight is 377 g/mol. The second kappa shape index (κ2) is 7.73. The van der Waals surface area contributed by atoms with E-state index in [1.54, 1.807) is 0 Å². The van der Waals surface area contributed by atoms with Crippen LogP contribution >= 0.6 is 0 Å². The van der Waals surface area contributed by atoms with Crippen molar-refractivity contribution in [2.45, 2.75) is 64.4 Å². The molecule has 0 atom stereocenters. The number of hydrogen-bond acceptors (Lipinski definition) is 1. The first-order valence-electron chi connectivity index (χ1n) is 9.90. The number of halogens is 5. The molecule has 2 aliphatic carbocycles. The lowest BCUT2D eigenvalue weighted by molar-refractivity contribution is -0.224. The van der Waals surface area contributed by atoms with Gasteiger partial charge in [-0.2, -0.15) is 8.78 Å². The molecule has 3 rings (SSSR count). The summed E-state index contributed by atoms with van der Waals surface area (Å²) in [6.45, 7) is 2.24. The lowest BCUT2D eigenvalue weighted by Gasteiger charge is -2.38. The molecular weight excluding hydrogens is 351 g/mol. The summed E-state index contributed by atoms with van der Waals surface area (Å²) >= 11 is 0. The third-order valence-corrected chi connectivity index (χ3v) is 6.11. The molecule has 1 nitrogen and oxygen atoms in total. The molecular formula is C20H25F5O. The number of benzene rings is 1. The molecule has 0 radical (unpaired) electrons. The highest BCUT2D eigenvalue weighted by atomic mass is 19.3. The molecule has 0 aromatic heterocycles. The molecule has 0 aliphatic heterocycles. The first-order valence-corrected chi connectivity index (χ1v) is 9.40. The molecule has 0 amide bonds. The lowest BCUT2D eigenvalue weighted by atomic mass is 9.69. The van der Waals surface area contributed by atoms with Crippen molar-refractivity contribution in [2.75, 3.05) is 0 Å². The van der Waals surface area contributed by atoms with Gasteiger partial charge in [0.2, 0.25) is 0 Å². The van der Waals surface area contributed by atoms with Crippen molar-refractivity contribution in [3.63, 3.8) is 0 Å². The fourth-order valence-electron chi connectivity index (χ4n) is 4.45. The van der Waals surface area contributed by atoms with Crippen LogP contribution in [0, 0.1) is 41.1 Å². The molecule has 1 aromatic carbocycles. The highest BCUT2D eigenvalue weighted by Crippen LogP contribution is 2.45. The Morgan fingerprint density at radius 2 is 1.46 bits per heavy atom. The monoisotopic (exact) mass is 377 g/mol. The Balaban J connectivity index is 1.62. The van der Waals surface area contributed by atoms with E-state index in [1.165, 1.54) is 12.8 Å². The fourth-order valence-corrected chi connectivity index (χ4v) is 4.45. The van der Waals surface area contributed by atoms with Crippen LogP contribution in [0.5, 0.6) is 5.75 Å². The van der Waals surface area contributed by atoms with Gasteiger partial charge in [-0.1, -0.05) is 19.8 Å². The van der Waals surface area contributed by atoms with Crippen molar-refractivity contribution >= 4 is 0 Å². The minimum absolute atomic E-state index is 0.267. The Morgan fingerprint density at radius 3 is 2.04 bits per heavy atom. The van der Waals surface area contributed by atoms with Gasteiger partial charge >= 0.3 is 6.11 Å². The van der Waals surface area contributed by atoms with Gasteiger partial charge in [-0.3, -0.25) is 0 Å². The van der Waals surface area contributed by atoms with E-state index < -0.39 is 41.3 Å². The number of rotatable bonds is 4. The molecule has 0 saturated heterocycles. The smallest absolute Gasteiger partial charge is 0.400 e. The second-order valence-corrected chi connectivity index (χ2v) is 7.91. The second-order valence-electron chi connectivity index (χ2n) is 7.91. The van der Waals surface area contributed by atoms with E-state index in [0.717, 1.165) is 18.8 Å². The summed E-state index contributed by atoms with van der Waals surface area (Å²) in [5.74, 6) is -5.61. The van der Waals surface area contributed by atoms with Crippen LogP contribution in [0.3, 0.4) is 0 Å². The topological polar surface area (TPSA) is 9.23 Å². The van der Waals surface area contributed by atoms with E-state index in [1.807, 2.05) is 0 Å². The predicted octanol–water partition coefficient (Wildman–Crippen LogP) is 6.71. The molecule has 1 aromatic rings. The van der Waals surface area contributed by atoms with Crippen molar-refractivity contribution < 1.29 is 28.1 Å². The van der Waals surface area contributed by atoms with Crippen LogP contribution in [0.15, 0.2) is 12.1 Å². The normalized spacial score (nSPS) is 30.8. The van der Waals surface area contributed by atoms with Crippen LogP contribution in [-0.4, -0.2) is 6.11 Å². The summed E-state index contributed by atoms with van der Waals surface area (Å²) in [5, 5.41) is 0. The van der Waals surface area contributed by atoms with Gasteiger partial charge in [-0.15, -0.1) is 0 Å². The maximum absolute atomic E-state index is 14.5. The highest BCUT2D eigenvalue weighted by molar-refractivity contribution is 5.25. The lowest BCUT2D eigenvalue weighted by Crippen LogP contribution is -2.38. The van der Waals surface area contributed by atoms with Crippen LogP contribution in [0.4, 0.5) is 22.0 Å². The van der Waals surface area contributed by atoms with Gasteiger partial charge in [0.25, 0.3) is 0 Å². The van der Waals surface area contributed by atoms with Crippen molar-refractivity contribution in [1.29, 1.82) is 0 Å². The Labute approximate surface area is 152 Å². The van der Waals surface area contributed by atoms with Crippen LogP contribution in [0.2, 0.25) is 0 Å². The molecule has 0 unspecified atom stereocenters. The van der Waals surface area contributed by atoms with Gasteiger partial charge in [0.1, 0.15) is 5.75 Å². The summed E-state index contributed by atoms with van der Waals surface area (Å²) < 4.78 is 80.7. The number of alkyl halides is 2. The van der Waals surface area contributed by atoms with E-state index in [2.05, 4.69) is 11.7 Å². The summed E-state index contributed by atoms with van der Waals surface area (Å²) in [4.78, 5) is 0. The quantitative estimate of drug-likeness (QED) is 0.419. The zero-order chi connectivity index (χ0) is 19.8. The Kier molecular flexibility index (Phi) is 5.37. The third-order valence-electron chi connectivity index (χ3n) is 6.11. The highest BCUT2D eigenvalue weighted by Gasteiger charge is 2.45. The molecule has 2 fully saturated rings. The Morgan fingerprint density at radius 1 is 0.923 bits per heavy atom. The SMILES string of the molecule is [2H]c1c(OC(F)(F)C2CCC(C3CCC(C)CC3)CC2)cc(F)c(F)c1F. The average Bonchev–Trinajstić information content (AvgIpc) is 2.65. The van der Waals surface area contributed by atoms with Crippen LogP contribution in [0.1, 0.15) is 59.7 Å². The third kappa shape index (κ3) is 4.32. The van der Waals surface area contributed by atoms with Crippen molar-refractivity contribution in [3.8, 4) is 5.75 Å². The maximum Gasteiger partial charge on any atom is 0.400 e. The minimum atomic E-state index is -3.65. The van der Waals surface area contributed by atoms with Crippen molar-refractivity contribution in [2.24, 2.45) is 23.7 Å². The van der Waals surface area contributed by atoms with Gasteiger partial charge in [0.15, 0.2) is 17.5 Å². The standard InChI is InChI=1S/C20H25F5O/c1-12-2-4-13(5-3-12)14-6-8-15(9-7-14)20(24,25)26-16-10-17(21)19(23)18(22)11-16/h10-15H,2-9H2,1H3/i10D. The fraction of sp³-hybridized carbons (Fsp3) is 0.700. The van der Waals surface area contributed by atoms with E-state index in [4.69, 9.17) is 1.37 Å². The molecule has 0 bridgehead atoms. The molecule has 0 N–H and O–H groups in total. The molecule has 26 heavy (non-hydrogen) atoms. The maximum atomic E-state index is 14.5. The Bertz CT molecular complexity index is 665. The molecule has 0 heterocycles. The van der Waals surface area contributed by atoms with Gasteiger partial charge in [0, 0.05) is 12.1 Å². The predicted molar refractivity (Wildman–Crippen MR) is 88.5 cm³/mol. The van der Waals surface area contributed by atoms with Crippen LogP contribution in [-0.2, 0) is 0 Å². The van der Waals surface area contributed by atoms with E-state index in [-0.39, 0.29) is 12.8 Å². The first-order chi connectivity index (χ1) is 12.7. The van der Waals surface area contributed by atoms with Crippen LogP contribution < -0.4 is 4.74 Å².